The molecule has 1 heterocycles. The highest BCUT2D eigenvalue weighted by Crippen LogP contribution is 2.33. The van der Waals surface area contributed by atoms with Gasteiger partial charge in [0.15, 0.2) is 0 Å². The van der Waals surface area contributed by atoms with Crippen LogP contribution in [0.3, 0.4) is 0 Å². The van der Waals surface area contributed by atoms with E-state index < -0.39 is 0 Å². The number of halogens is 1. The molecule has 2 rings (SSSR count). The molecule has 24 heavy (non-hydrogen) atoms. The number of likely N-dealkylation sites (N-methyl/N-ethyl adjacent to an activating group) is 1. The monoisotopic (exact) mass is 334 g/mol. The van der Waals surface area contributed by atoms with Crippen LogP contribution >= 0.6 is 0 Å². The van der Waals surface area contributed by atoms with E-state index in [1.165, 1.54) is 12.1 Å². The number of carbonyl (C=O) groups excluding carboxylic acids is 1. The first kappa shape index (κ1) is 18.6. The molecule has 0 spiro atoms. The zero-order valence-corrected chi connectivity index (χ0v) is 14.4. The number of carbonyl (C=O) groups is 1. The Labute approximate surface area is 143 Å². The van der Waals surface area contributed by atoms with Crippen LogP contribution < -0.4 is 0 Å². The molecule has 1 amide bonds. The van der Waals surface area contributed by atoms with Gasteiger partial charge in [-0.3, -0.25) is 9.69 Å². The second kappa shape index (κ2) is 8.40. The van der Waals surface area contributed by atoms with Gasteiger partial charge in [-0.15, -0.1) is 6.58 Å². The molecule has 1 aliphatic heterocycles. The van der Waals surface area contributed by atoms with Crippen molar-refractivity contribution in [2.75, 3.05) is 33.3 Å². The van der Waals surface area contributed by atoms with Crippen molar-refractivity contribution in [2.24, 2.45) is 5.41 Å². The highest BCUT2D eigenvalue weighted by Gasteiger charge is 2.35. The molecule has 1 N–H and O–H groups in total. The van der Waals surface area contributed by atoms with E-state index in [2.05, 4.69) is 6.58 Å². The molecule has 1 saturated heterocycles. The summed E-state index contributed by atoms with van der Waals surface area (Å²) in [7, 11) is 1.88. The first-order valence-corrected chi connectivity index (χ1v) is 8.40. The predicted molar refractivity (Wildman–Crippen MR) is 92.9 cm³/mol. The maximum atomic E-state index is 12.9. The fourth-order valence-electron chi connectivity index (χ4n) is 3.38. The van der Waals surface area contributed by atoms with E-state index in [9.17, 15) is 14.3 Å². The Morgan fingerprint density at radius 1 is 1.46 bits per heavy atom. The third-order valence-corrected chi connectivity index (χ3v) is 4.70. The molecule has 0 saturated carbocycles. The Morgan fingerprint density at radius 2 is 2.17 bits per heavy atom. The molecule has 1 fully saturated rings. The first-order chi connectivity index (χ1) is 11.5. The van der Waals surface area contributed by atoms with Crippen LogP contribution in [-0.4, -0.2) is 54.1 Å². The van der Waals surface area contributed by atoms with Crippen molar-refractivity contribution in [2.45, 2.75) is 25.8 Å². The Balaban J connectivity index is 1.90. The van der Waals surface area contributed by atoms with E-state index in [0.717, 1.165) is 31.4 Å². The molecule has 0 radical (unpaired) electrons. The summed E-state index contributed by atoms with van der Waals surface area (Å²) in [6, 6.07) is 6.33. The first-order valence-electron chi connectivity index (χ1n) is 8.40. The summed E-state index contributed by atoms with van der Waals surface area (Å²) in [4.78, 5) is 16.4. The van der Waals surface area contributed by atoms with Crippen LogP contribution in [0.4, 0.5) is 4.39 Å². The summed E-state index contributed by atoms with van der Waals surface area (Å²) in [5.74, 6) is -0.186. The van der Waals surface area contributed by atoms with E-state index in [0.29, 0.717) is 19.6 Å². The molecular formula is C19H27FN2O2. The third kappa shape index (κ3) is 4.89. The lowest BCUT2D eigenvalue weighted by Gasteiger charge is -2.41. The molecule has 1 atom stereocenters. The lowest BCUT2D eigenvalue weighted by Crippen LogP contribution is -2.50. The second-order valence-electron chi connectivity index (χ2n) is 6.87. The second-order valence-corrected chi connectivity index (χ2v) is 6.87. The minimum atomic E-state index is -0.256. The number of hydrogen-bond donors (Lipinski definition) is 1. The largest absolute Gasteiger partial charge is 0.396 e. The summed E-state index contributed by atoms with van der Waals surface area (Å²) in [6.07, 6.45) is 4.37. The lowest BCUT2D eigenvalue weighted by atomic mass is 9.78. The molecule has 1 aromatic rings. The summed E-state index contributed by atoms with van der Waals surface area (Å²) in [5.41, 5.74) is 0.729. The maximum absolute atomic E-state index is 12.9. The molecule has 5 heteroatoms. The molecule has 4 nitrogen and oxygen atoms in total. The Hall–Kier alpha value is -1.72. The molecular weight excluding hydrogens is 307 g/mol. The van der Waals surface area contributed by atoms with Crippen LogP contribution in [0.2, 0.25) is 0 Å². The number of rotatable bonds is 7. The number of aliphatic hydroxyl groups excluding tert-OH is 1. The van der Waals surface area contributed by atoms with Gasteiger partial charge in [-0.25, -0.2) is 4.39 Å². The van der Waals surface area contributed by atoms with E-state index in [1.54, 1.807) is 12.1 Å². The highest BCUT2D eigenvalue weighted by atomic mass is 19.1. The maximum Gasteiger partial charge on any atom is 0.236 e. The van der Waals surface area contributed by atoms with Crippen LogP contribution in [0.25, 0.3) is 0 Å². The number of piperidine rings is 1. The summed E-state index contributed by atoms with van der Waals surface area (Å²) in [6.45, 7) is 6.07. The summed E-state index contributed by atoms with van der Waals surface area (Å²) >= 11 is 0. The highest BCUT2D eigenvalue weighted by molar-refractivity contribution is 5.78. The average Bonchev–Trinajstić information content (AvgIpc) is 2.57. The number of aliphatic hydroxyl groups is 1. The van der Waals surface area contributed by atoms with Gasteiger partial charge in [0.25, 0.3) is 0 Å². The normalized spacial score (nSPS) is 21.1. The minimum Gasteiger partial charge on any atom is -0.396 e. The number of nitrogens with zero attached hydrogens (tertiary/aromatic N) is 2. The summed E-state index contributed by atoms with van der Waals surface area (Å²) < 4.78 is 12.9. The molecule has 0 aromatic heterocycles. The van der Waals surface area contributed by atoms with Crippen LogP contribution in [0.1, 0.15) is 24.8 Å². The average molecular weight is 334 g/mol. The number of hydrogen-bond acceptors (Lipinski definition) is 3. The molecule has 0 bridgehead atoms. The number of likely N-dealkylation sites (tertiary alicyclic amines) is 1. The van der Waals surface area contributed by atoms with Gasteiger partial charge in [-0.2, -0.15) is 0 Å². The fraction of sp³-hybridized carbons (Fsp3) is 0.526. The Bertz CT molecular complexity index is 561. The molecule has 1 aromatic carbocycles. The van der Waals surface area contributed by atoms with Crippen molar-refractivity contribution in [3.63, 3.8) is 0 Å². The van der Waals surface area contributed by atoms with Crippen LogP contribution in [0.15, 0.2) is 36.9 Å². The zero-order chi connectivity index (χ0) is 17.6. The van der Waals surface area contributed by atoms with E-state index in [1.807, 2.05) is 22.9 Å². The van der Waals surface area contributed by atoms with Crippen molar-refractivity contribution >= 4 is 5.91 Å². The van der Waals surface area contributed by atoms with Crippen molar-refractivity contribution in [1.82, 2.24) is 9.80 Å². The summed E-state index contributed by atoms with van der Waals surface area (Å²) in [5, 5.41) is 9.74. The third-order valence-electron chi connectivity index (χ3n) is 4.70. The van der Waals surface area contributed by atoms with Crippen LogP contribution in [0.5, 0.6) is 0 Å². The predicted octanol–water partition coefficient (Wildman–Crippen LogP) is 2.43. The van der Waals surface area contributed by atoms with Crippen LogP contribution in [0, 0.1) is 11.2 Å². The van der Waals surface area contributed by atoms with Gasteiger partial charge >= 0.3 is 0 Å². The lowest BCUT2D eigenvalue weighted by molar-refractivity contribution is -0.136. The molecule has 1 aliphatic rings. The van der Waals surface area contributed by atoms with Gasteiger partial charge in [0.1, 0.15) is 5.82 Å². The van der Waals surface area contributed by atoms with E-state index in [4.69, 9.17) is 0 Å². The van der Waals surface area contributed by atoms with Crippen molar-refractivity contribution in [3.05, 3.63) is 48.3 Å². The zero-order valence-electron chi connectivity index (χ0n) is 14.4. The molecule has 0 aliphatic carbocycles. The van der Waals surface area contributed by atoms with Gasteiger partial charge < -0.3 is 10.0 Å². The minimum absolute atomic E-state index is 0.0706. The van der Waals surface area contributed by atoms with Gasteiger partial charge in [0, 0.05) is 25.0 Å². The van der Waals surface area contributed by atoms with Gasteiger partial charge in [-0.1, -0.05) is 18.2 Å². The SMILES string of the molecule is C=CC[C@]1(CO)CCCN(C(=O)CN(C)Cc2ccc(F)cc2)C1. The number of benzene rings is 1. The van der Waals surface area contributed by atoms with Crippen LogP contribution in [-0.2, 0) is 11.3 Å². The Kier molecular flexibility index (Phi) is 6.52. The quantitative estimate of drug-likeness (QED) is 0.779. The van der Waals surface area contributed by atoms with E-state index in [-0.39, 0.29) is 23.7 Å². The smallest absolute Gasteiger partial charge is 0.236 e. The topological polar surface area (TPSA) is 43.8 Å². The van der Waals surface area contributed by atoms with Gasteiger partial charge in [0.2, 0.25) is 5.91 Å². The van der Waals surface area contributed by atoms with Crippen molar-refractivity contribution in [3.8, 4) is 0 Å². The number of allylic oxidation sites excluding steroid dienone is 1. The molecule has 0 unspecified atom stereocenters. The van der Waals surface area contributed by atoms with E-state index >= 15 is 0 Å². The number of amides is 1. The standard InChI is InChI=1S/C19H27FN2O2/c1-3-9-19(15-23)10-4-11-22(14-19)18(24)13-21(2)12-16-5-7-17(20)8-6-16/h3,5-8,23H,1,4,9-15H2,2H3/t19-/m0/s1. The van der Waals surface area contributed by atoms with Gasteiger partial charge in [-0.05, 0) is 44.0 Å². The fourth-order valence-corrected chi connectivity index (χ4v) is 3.38. The van der Waals surface area contributed by atoms with Gasteiger partial charge in [0.05, 0.1) is 13.2 Å². The van der Waals surface area contributed by atoms with Crippen molar-refractivity contribution in [1.29, 1.82) is 0 Å². The van der Waals surface area contributed by atoms with Crippen molar-refractivity contribution < 1.29 is 14.3 Å². The Morgan fingerprint density at radius 3 is 2.79 bits per heavy atom. The molecule has 132 valence electrons.